The molecule has 2 saturated heterocycles. The molecule has 1 saturated carbocycles. The van der Waals surface area contributed by atoms with E-state index in [0.29, 0.717) is 18.7 Å². The second-order valence-corrected chi connectivity index (χ2v) is 7.81. The molecule has 4 rings (SSSR count). The van der Waals surface area contributed by atoms with Gasteiger partial charge in [0.05, 0.1) is 17.6 Å². The van der Waals surface area contributed by atoms with Crippen molar-refractivity contribution in [3.63, 3.8) is 0 Å². The van der Waals surface area contributed by atoms with Crippen LogP contribution in [0.3, 0.4) is 0 Å². The predicted molar refractivity (Wildman–Crippen MR) is 98.8 cm³/mol. The van der Waals surface area contributed by atoms with Crippen molar-refractivity contribution in [1.82, 2.24) is 14.8 Å². The van der Waals surface area contributed by atoms with Crippen LogP contribution in [0, 0.1) is 5.41 Å². The van der Waals surface area contributed by atoms with E-state index in [1.165, 1.54) is 11.1 Å². The molecule has 1 aromatic rings. The summed E-state index contributed by atoms with van der Waals surface area (Å²) in [7, 11) is 0. The van der Waals surface area contributed by atoms with Crippen molar-refractivity contribution in [2.45, 2.75) is 32.1 Å². The summed E-state index contributed by atoms with van der Waals surface area (Å²) in [6, 6.07) is 3.48. The molecule has 0 unspecified atom stereocenters. The van der Waals surface area contributed by atoms with E-state index >= 15 is 0 Å². The third-order valence-corrected chi connectivity index (χ3v) is 6.12. The van der Waals surface area contributed by atoms with E-state index in [4.69, 9.17) is 5.73 Å². The second kappa shape index (κ2) is 6.92. The zero-order valence-corrected chi connectivity index (χ0v) is 15.4. The molecule has 144 valence electrons. The number of anilines is 1. The van der Waals surface area contributed by atoms with E-state index < -0.39 is 11.3 Å². The van der Waals surface area contributed by atoms with Crippen LogP contribution in [0.4, 0.5) is 5.82 Å². The van der Waals surface area contributed by atoms with Crippen LogP contribution in [-0.2, 0) is 9.59 Å². The van der Waals surface area contributed by atoms with Crippen molar-refractivity contribution in [2.24, 2.45) is 11.1 Å². The number of hydrogen-bond donors (Lipinski definition) is 1. The maximum atomic E-state index is 12.8. The highest BCUT2D eigenvalue weighted by molar-refractivity contribution is 6.06. The number of carbonyl (C=O) groups excluding carboxylic acids is 3. The molecular weight excluding hydrogens is 346 g/mol. The van der Waals surface area contributed by atoms with E-state index in [0.717, 1.165) is 57.7 Å². The molecule has 3 amide bonds. The molecule has 3 aliphatic rings. The Hall–Kier alpha value is -2.48. The predicted octanol–water partition coefficient (Wildman–Crippen LogP) is 0.579. The third kappa shape index (κ3) is 3.29. The molecule has 8 heteroatoms. The van der Waals surface area contributed by atoms with E-state index in [-0.39, 0.29) is 11.8 Å². The number of nitrogens with two attached hydrogens (primary N) is 1. The van der Waals surface area contributed by atoms with Crippen LogP contribution in [0.15, 0.2) is 18.3 Å². The van der Waals surface area contributed by atoms with Gasteiger partial charge in [-0.25, -0.2) is 4.98 Å². The highest BCUT2D eigenvalue weighted by atomic mass is 16.2. The molecule has 3 fully saturated rings. The number of amides is 3. The average Bonchev–Trinajstić information content (AvgIpc) is 3.23. The molecule has 0 atom stereocenters. The number of carbonyl (C=O) groups is 3. The number of hydrogen-bond acceptors (Lipinski definition) is 6. The molecule has 0 aromatic carbocycles. The fourth-order valence-electron chi connectivity index (χ4n) is 4.48. The smallest absolute Gasteiger partial charge is 0.250 e. The van der Waals surface area contributed by atoms with Gasteiger partial charge in [0.15, 0.2) is 0 Å². The summed E-state index contributed by atoms with van der Waals surface area (Å²) in [6.07, 6.45) is 5.69. The van der Waals surface area contributed by atoms with E-state index in [1.54, 1.807) is 12.1 Å². The van der Waals surface area contributed by atoms with Crippen LogP contribution < -0.4 is 10.6 Å². The van der Waals surface area contributed by atoms with E-state index in [2.05, 4.69) is 14.8 Å². The Morgan fingerprint density at radius 1 is 1.11 bits per heavy atom. The van der Waals surface area contributed by atoms with Gasteiger partial charge in [-0.3, -0.25) is 24.2 Å². The van der Waals surface area contributed by atoms with Gasteiger partial charge in [-0.05, 0) is 25.0 Å². The fourth-order valence-corrected chi connectivity index (χ4v) is 4.48. The van der Waals surface area contributed by atoms with Crippen LogP contribution in [0.25, 0.3) is 0 Å². The molecule has 1 spiro atoms. The van der Waals surface area contributed by atoms with Crippen molar-refractivity contribution >= 4 is 23.5 Å². The Labute approximate surface area is 158 Å². The maximum absolute atomic E-state index is 12.8. The van der Waals surface area contributed by atoms with Crippen molar-refractivity contribution < 1.29 is 14.4 Å². The standard InChI is InChI=1S/C19H25N5O3/c20-17(26)14-3-4-15(21-12-14)23-9-7-22(8-10-23)13-24-16(25)11-19(18(24)27)5-1-2-6-19/h3-4,12H,1-2,5-11,13H2,(H2,20,26). The Morgan fingerprint density at radius 3 is 2.41 bits per heavy atom. The number of pyridine rings is 1. The number of nitrogens with zero attached hydrogens (tertiary/aromatic N) is 4. The van der Waals surface area contributed by atoms with Crippen molar-refractivity contribution in [3.8, 4) is 0 Å². The molecule has 2 aliphatic heterocycles. The first-order chi connectivity index (χ1) is 13.0. The molecule has 1 aliphatic carbocycles. The van der Waals surface area contributed by atoms with Crippen LogP contribution >= 0.6 is 0 Å². The van der Waals surface area contributed by atoms with Gasteiger partial charge in [0.1, 0.15) is 5.82 Å². The van der Waals surface area contributed by atoms with Gasteiger partial charge in [0.2, 0.25) is 17.7 Å². The van der Waals surface area contributed by atoms with Crippen LogP contribution in [0.1, 0.15) is 42.5 Å². The summed E-state index contributed by atoms with van der Waals surface area (Å²) in [6.45, 7) is 3.41. The summed E-state index contributed by atoms with van der Waals surface area (Å²) in [4.78, 5) is 46.4. The molecule has 0 bridgehead atoms. The molecule has 1 aromatic heterocycles. The lowest BCUT2D eigenvalue weighted by molar-refractivity contribution is -0.143. The van der Waals surface area contributed by atoms with Crippen LogP contribution in [0.5, 0.6) is 0 Å². The van der Waals surface area contributed by atoms with E-state index in [9.17, 15) is 14.4 Å². The van der Waals surface area contributed by atoms with Gasteiger partial charge in [-0.15, -0.1) is 0 Å². The summed E-state index contributed by atoms with van der Waals surface area (Å²) < 4.78 is 0. The van der Waals surface area contributed by atoms with Gasteiger partial charge < -0.3 is 10.6 Å². The molecule has 0 radical (unpaired) electrons. The molecule has 27 heavy (non-hydrogen) atoms. The molecular formula is C19H25N5O3. The number of aromatic nitrogens is 1. The molecule has 8 nitrogen and oxygen atoms in total. The first kappa shape index (κ1) is 17.9. The fraction of sp³-hybridized carbons (Fsp3) is 0.579. The summed E-state index contributed by atoms with van der Waals surface area (Å²) in [5, 5.41) is 0. The average molecular weight is 371 g/mol. The van der Waals surface area contributed by atoms with Crippen LogP contribution in [0.2, 0.25) is 0 Å². The number of imide groups is 1. The first-order valence-electron chi connectivity index (χ1n) is 9.56. The lowest BCUT2D eigenvalue weighted by Crippen LogP contribution is -2.51. The van der Waals surface area contributed by atoms with Gasteiger partial charge in [0.25, 0.3) is 0 Å². The normalized spacial score (nSPS) is 22.8. The number of rotatable bonds is 4. The zero-order chi connectivity index (χ0) is 19.0. The van der Waals surface area contributed by atoms with E-state index in [1.807, 2.05) is 0 Å². The quantitative estimate of drug-likeness (QED) is 0.777. The van der Waals surface area contributed by atoms with Gasteiger partial charge in [-0.2, -0.15) is 0 Å². The van der Waals surface area contributed by atoms with Gasteiger partial charge in [-0.1, -0.05) is 12.8 Å². The van der Waals surface area contributed by atoms with Crippen molar-refractivity contribution in [3.05, 3.63) is 23.9 Å². The minimum Gasteiger partial charge on any atom is -0.366 e. The summed E-state index contributed by atoms with van der Waals surface area (Å²) >= 11 is 0. The van der Waals surface area contributed by atoms with Gasteiger partial charge >= 0.3 is 0 Å². The highest BCUT2D eigenvalue weighted by Crippen LogP contribution is 2.46. The maximum Gasteiger partial charge on any atom is 0.250 e. The largest absolute Gasteiger partial charge is 0.366 e. The minimum atomic E-state index is -0.487. The summed E-state index contributed by atoms with van der Waals surface area (Å²) in [5.74, 6) is 0.334. The Kier molecular flexibility index (Phi) is 4.59. The lowest BCUT2D eigenvalue weighted by atomic mass is 9.85. The molecule has 2 N–H and O–H groups in total. The Morgan fingerprint density at radius 2 is 1.81 bits per heavy atom. The lowest BCUT2D eigenvalue weighted by Gasteiger charge is -2.37. The number of likely N-dealkylation sites (tertiary alicyclic amines) is 1. The number of piperazine rings is 1. The summed E-state index contributed by atoms with van der Waals surface area (Å²) in [5.41, 5.74) is 5.24. The van der Waals surface area contributed by atoms with Crippen molar-refractivity contribution in [1.29, 1.82) is 0 Å². The minimum absolute atomic E-state index is 0.0203. The zero-order valence-electron chi connectivity index (χ0n) is 15.4. The Bertz CT molecular complexity index is 749. The first-order valence-corrected chi connectivity index (χ1v) is 9.56. The van der Waals surface area contributed by atoms with Crippen LogP contribution in [-0.4, -0.2) is 65.4 Å². The molecule has 3 heterocycles. The topological polar surface area (TPSA) is 99.8 Å². The Balaban J connectivity index is 1.34. The monoisotopic (exact) mass is 371 g/mol. The SMILES string of the molecule is NC(=O)c1ccc(N2CCN(CN3C(=O)CC4(CCCC4)C3=O)CC2)nc1. The number of primary amides is 1. The second-order valence-electron chi connectivity index (χ2n) is 7.81. The highest BCUT2D eigenvalue weighted by Gasteiger charge is 2.52. The van der Waals surface area contributed by atoms with Crippen molar-refractivity contribution in [2.75, 3.05) is 37.7 Å². The third-order valence-electron chi connectivity index (χ3n) is 6.12. The van der Waals surface area contributed by atoms with Gasteiger partial charge in [0, 0.05) is 38.8 Å².